The minimum atomic E-state index is 0.202. The Kier molecular flexibility index (Phi) is 5.65. The van der Waals surface area contributed by atoms with Gasteiger partial charge in [-0.1, -0.05) is 6.92 Å². The standard InChI is InChI=1S/C19H29N3O/c1-2-17-15-16(8-10-20-17)19(23)22-13-4-3-7-18(22)9-14-21-11-5-6-12-21/h8,10,15,18H,2-7,9,11-14H2,1H3/t18-/m0/s1. The van der Waals surface area contributed by atoms with Gasteiger partial charge in [-0.3, -0.25) is 9.78 Å². The van der Waals surface area contributed by atoms with Crippen LogP contribution in [0.5, 0.6) is 0 Å². The van der Waals surface area contributed by atoms with Gasteiger partial charge in [-0.2, -0.15) is 0 Å². The van der Waals surface area contributed by atoms with Crippen LogP contribution >= 0.6 is 0 Å². The third-order valence-corrected chi connectivity index (χ3v) is 5.29. The Labute approximate surface area is 139 Å². The van der Waals surface area contributed by atoms with E-state index in [1.165, 1.54) is 32.4 Å². The van der Waals surface area contributed by atoms with Crippen molar-refractivity contribution in [1.82, 2.24) is 14.8 Å². The molecule has 0 aromatic carbocycles. The summed E-state index contributed by atoms with van der Waals surface area (Å²) in [5, 5.41) is 0. The summed E-state index contributed by atoms with van der Waals surface area (Å²) >= 11 is 0. The van der Waals surface area contributed by atoms with E-state index in [4.69, 9.17) is 0 Å². The first-order chi connectivity index (χ1) is 11.3. The molecule has 1 atom stereocenters. The lowest BCUT2D eigenvalue weighted by atomic mass is 9.98. The predicted molar refractivity (Wildman–Crippen MR) is 92.6 cm³/mol. The van der Waals surface area contributed by atoms with Gasteiger partial charge in [0, 0.05) is 36.6 Å². The molecule has 3 rings (SSSR count). The zero-order valence-electron chi connectivity index (χ0n) is 14.3. The average molecular weight is 315 g/mol. The fourth-order valence-electron chi connectivity index (χ4n) is 3.88. The Balaban J connectivity index is 1.65. The third-order valence-electron chi connectivity index (χ3n) is 5.29. The topological polar surface area (TPSA) is 36.4 Å². The van der Waals surface area contributed by atoms with Crippen molar-refractivity contribution < 1.29 is 4.79 Å². The first-order valence-electron chi connectivity index (χ1n) is 9.26. The average Bonchev–Trinajstić information content (AvgIpc) is 3.13. The van der Waals surface area contributed by atoms with E-state index in [1.807, 2.05) is 12.1 Å². The van der Waals surface area contributed by atoms with Crippen LogP contribution in [0.25, 0.3) is 0 Å². The van der Waals surface area contributed by atoms with Crippen molar-refractivity contribution in [3.8, 4) is 0 Å². The van der Waals surface area contributed by atoms with Crippen LogP contribution in [0, 0.1) is 0 Å². The summed E-state index contributed by atoms with van der Waals surface area (Å²) in [7, 11) is 0. The first-order valence-corrected chi connectivity index (χ1v) is 9.26. The van der Waals surface area contributed by atoms with Crippen LogP contribution in [0.2, 0.25) is 0 Å². The van der Waals surface area contributed by atoms with Gasteiger partial charge in [-0.05, 0) is 70.2 Å². The van der Waals surface area contributed by atoms with E-state index in [9.17, 15) is 4.79 Å². The summed E-state index contributed by atoms with van der Waals surface area (Å²) in [6, 6.07) is 4.25. The lowest BCUT2D eigenvalue weighted by Gasteiger charge is -2.36. The quantitative estimate of drug-likeness (QED) is 0.837. The molecule has 1 aromatic heterocycles. The number of rotatable bonds is 5. The zero-order valence-corrected chi connectivity index (χ0v) is 14.3. The lowest BCUT2D eigenvalue weighted by Crippen LogP contribution is -2.45. The molecule has 0 bridgehead atoms. The van der Waals surface area contributed by atoms with Gasteiger partial charge in [-0.15, -0.1) is 0 Å². The molecule has 2 aliphatic heterocycles. The van der Waals surface area contributed by atoms with Crippen molar-refractivity contribution in [3.05, 3.63) is 29.6 Å². The molecular weight excluding hydrogens is 286 g/mol. The molecule has 0 N–H and O–H groups in total. The van der Waals surface area contributed by atoms with Gasteiger partial charge in [0.1, 0.15) is 0 Å². The first kappa shape index (κ1) is 16.4. The van der Waals surface area contributed by atoms with Crippen LogP contribution in [-0.2, 0) is 6.42 Å². The Bertz CT molecular complexity index is 525. The van der Waals surface area contributed by atoms with E-state index in [-0.39, 0.29) is 5.91 Å². The summed E-state index contributed by atoms with van der Waals surface area (Å²) < 4.78 is 0. The van der Waals surface area contributed by atoms with Crippen LogP contribution in [0.3, 0.4) is 0 Å². The molecule has 0 saturated carbocycles. The largest absolute Gasteiger partial charge is 0.336 e. The SMILES string of the molecule is CCc1cc(C(=O)N2CCCC[C@H]2CCN2CCCC2)ccn1. The van der Waals surface area contributed by atoms with Crippen LogP contribution in [0.15, 0.2) is 18.3 Å². The van der Waals surface area contributed by atoms with Crippen molar-refractivity contribution in [2.75, 3.05) is 26.2 Å². The molecule has 126 valence electrons. The van der Waals surface area contributed by atoms with Crippen molar-refractivity contribution >= 4 is 5.91 Å². The Morgan fingerprint density at radius 2 is 2.00 bits per heavy atom. The smallest absolute Gasteiger partial charge is 0.254 e. The minimum Gasteiger partial charge on any atom is -0.336 e. The molecule has 0 spiro atoms. The molecule has 0 aliphatic carbocycles. The Hall–Kier alpha value is -1.42. The summed E-state index contributed by atoms with van der Waals surface area (Å²) in [5.41, 5.74) is 1.81. The van der Waals surface area contributed by atoms with Gasteiger partial charge in [0.25, 0.3) is 5.91 Å². The normalized spacial score (nSPS) is 22.5. The van der Waals surface area contributed by atoms with Gasteiger partial charge in [-0.25, -0.2) is 0 Å². The highest BCUT2D eigenvalue weighted by Crippen LogP contribution is 2.23. The molecule has 2 saturated heterocycles. The van der Waals surface area contributed by atoms with E-state index in [2.05, 4.69) is 21.7 Å². The van der Waals surface area contributed by atoms with Crippen molar-refractivity contribution in [3.63, 3.8) is 0 Å². The number of nitrogens with zero attached hydrogens (tertiary/aromatic N) is 3. The summed E-state index contributed by atoms with van der Waals surface area (Å²) in [6.07, 6.45) is 9.99. The van der Waals surface area contributed by atoms with Gasteiger partial charge >= 0.3 is 0 Å². The Morgan fingerprint density at radius 3 is 2.78 bits per heavy atom. The van der Waals surface area contributed by atoms with E-state index in [0.29, 0.717) is 6.04 Å². The van der Waals surface area contributed by atoms with E-state index in [0.717, 1.165) is 50.0 Å². The molecule has 4 nitrogen and oxygen atoms in total. The van der Waals surface area contributed by atoms with Crippen LogP contribution in [-0.4, -0.2) is 52.9 Å². The van der Waals surface area contributed by atoms with Gasteiger partial charge < -0.3 is 9.80 Å². The molecule has 1 aromatic rings. The maximum Gasteiger partial charge on any atom is 0.254 e. The number of hydrogen-bond acceptors (Lipinski definition) is 3. The molecule has 2 aliphatic rings. The number of piperidine rings is 1. The van der Waals surface area contributed by atoms with E-state index < -0.39 is 0 Å². The second-order valence-electron chi connectivity index (χ2n) is 6.87. The Morgan fingerprint density at radius 1 is 1.22 bits per heavy atom. The number of carbonyl (C=O) groups is 1. The van der Waals surface area contributed by atoms with Gasteiger partial charge in [0.2, 0.25) is 0 Å². The molecule has 1 amide bonds. The van der Waals surface area contributed by atoms with Crippen LogP contribution < -0.4 is 0 Å². The molecule has 0 radical (unpaired) electrons. The molecular formula is C19H29N3O. The number of aromatic nitrogens is 1. The molecule has 4 heteroatoms. The molecule has 3 heterocycles. The fourth-order valence-corrected chi connectivity index (χ4v) is 3.88. The van der Waals surface area contributed by atoms with Gasteiger partial charge in [0.15, 0.2) is 0 Å². The fraction of sp³-hybridized carbons (Fsp3) is 0.684. The van der Waals surface area contributed by atoms with Crippen LogP contribution in [0.1, 0.15) is 61.5 Å². The second-order valence-corrected chi connectivity index (χ2v) is 6.87. The number of carbonyl (C=O) groups excluding carboxylic acids is 1. The van der Waals surface area contributed by atoms with E-state index >= 15 is 0 Å². The minimum absolute atomic E-state index is 0.202. The molecule has 0 unspecified atom stereocenters. The lowest BCUT2D eigenvalue weighted by molar-refractivity contribution is 0.0587. The maximum atomic E-state index is 13.0. The summed E-state index contributed by atoms with van der Waals surface area (Å²) in [4.78, 5) is 22.0. The number of pyridine rings is 1. The highest BCUT2D eigenvalue weighted by Gasteiger charge is 2.28. The zero-order chi connectivity index (χ0) is 16.1. The number of likely N-dealkylation sites (tertiary alicyclic amines) is 2. The summed E-state index contributed by atoms with van der Waals surface area (Å²) in [6.45, 7) is 6.62. The van der Waals surface area contributed by atoms with Crippen LogP contribution in [0.4, 0.5) is 0 Å². The molecule has 23 heavy (non-hydrogen) atoms. The van der Waals surface area contributed by atoms with E-state index in [1.54, 1.807) is 6.20 Å². The number of hydrogen-bond donors (Lipinski definition) is 0. The third kappa shape index (κ3) is 4.11. The predicted octanol–water partition coefficient (Wildman–Crippen LogP) is 3.12. The second kappa shape index (κ2) is 7.91. The maximum absolute atomic E-state index is 13.0. The monoisotopic (exact) mass is 315 g/mol. The highest BCUT2D eigenvalue weighted by molar-refractivity contribution is 5.94. The van der Waals surface area contributed by atoms with Crippen molar-refractivity contribution in [2.24, 2.45) is 0 Å². The van der Waals surface area contributed by atoms with Crippen molar-refractivity contribution in [1.29, 1.82) is 0 Å². The highest BCUT2D eigenvalue weighted by atomic mass is 16.2. The number of aryl methyl sites for hydroxylation is 1. The molecule has 2 fully saturated rings. The van der Waals surface area contributed by atoms with Crippen molar-refractivity contribution in [2.45, 2.75) is 57.9 Å². The van der Waals surface area contributed by atoms with Gasteiger partial charge in [0.05, 0.1) is 0 Å². The summed E-state index contributed by atoms with van der Waals surface area (Å²) in [5.74, 6) is 0.202. The number of amides is 1.